The summed E-state index contributed by atoms with van der Waals surface area (Å²) < 4.78 is 40.1. The van der Waals surface area contributed by atoms with Crippen LogP contribution in [0.2, 0.25) is 0 Å². The zero-order valence-electron chi connectivity index (χ0n) is 18.3. The molecule has 32 heavy (non-hydrogen) atoms. The van der Waals surface area contributed by atoms with Crippen LogP contribution in [0.5, 0.6) is 0 Å². The maximum atomic E-state index is 13.2. The Kier molecular flexibility index (Phi) is 7.38. The van der Waals surface area contributed by atoms with E-state index in [1.54, 1.807) is 11.8 Å². The van der Waals surface area contributed by atoms with Crippen LogP contribution in [-0.4, -0.2) is 44.7 Å². The minimum atomic E-state index is -4.48. The predicted octanol–water partition coefficient (Wildman–Crippen LogP) is 3.56. The van der Waals surface area contributed by atoms with Gasteiger partial charge in [-0.25, -0.2) is 4.98 Å². The van der Waals surface area contributed by atoms with E-state index in [1.807, 2.05) is 6.92 Å². The fourth-order valence-electron chi connectivity index (χ4n) is 4.25. The van der Waals surface area contributed by atoms with Gasteiger partial charge in [0.05, 0.1) is 5.56 Å². The van der Waals surface area contributed by atoms with Gasteiger partial charge in [0, 0.05) is 42.4 Å². The molecule has 0 aliphatic carbocycles. The Bertz CT molecular complexity index is 1020. The van der Waals surface area contributed by atoms with E-state index in [-0.39, 0.29) is 37.3 Å². The molecule has 174 valence electrons. The molecule has 0 spiro atoms. The van der Waals surface area contributed by atoms with E-state index in [0.29, 0.717) is 23.4 Å². The second-order valence-electron chi connectivity index (χ2n) is 8.08. The third-order valence-electron chi connectivity index (χ3n) is 6.01. The van der Waals surface area contributed by atoms with Gasteiger partial charge in [-0.15, -0.1) is 0 Å². The van der Waals surface area contributed by atoms with Crippen molar-refractivity contribution in [2.24, 2.45) is 0 Å². The van der Waals surface area contributed by atoms with Crippen molar-refractivity contribution in [3.05, 3.63) is 51.4 Å². The molecule has 6 nitrogen and oxygen atoms in total. The number of halogens is 3. The van der Waals surface area contributed by atoms with Gasteiger partial charge in [-0.1, -0.05) is 19.1 Å². The quantitative estimate of drug-likeness (QED) is 0.729. The van der Waals surface area contributed by atoms with Crippen molar-refractivity contribution in [1.82, 2.24) is 14.5 Å². The van der Waals surface area contributed by atoms with Gasteiger partial charge in [0.25, 0.3) is 5.56 Å². The summed E-state index contributed by atoms with van der Waals surface area (Å²) in [4.78, 5) is 32.6. The fourth-order valence-corrected chi connectivity index (χ4v) is 4.25. The second-order valence-corrected chi connectivity index (χ2v) is 8.08. The van der Waals surface area contributed by atoms with Crippen LogP contribution in [0, 0.1) is 6.92 Å². The molecule has 0 radical (unpaired) electrons. The van der Waals surface area contributed by atoms with Crippen LogP contribution in [0.1, 0.15) is 49.4 Å². The maximum Gasteiger partial charge on any atom is 0.416 e. The van der Waals surface area contributed by atoms with Crippen molar-refractivity contribution < 1.29 is 23.1 Å². The summed E-state index contributed by atoms with van der Waals surface area (Å²) in [5, 5.41) is 9.35. The summed E-state index contributed by atoms with van der Waals surface area (Å²) in [6.45, 7) is 3.74. The van der Waals surface area contributed by atoms with E-state index in [9.17, 15) is 27.9 Å². The van der Waals surface area contributed by atoms with Gasteiger partial charge in [0.1, 0.15) is 12.4 Å². The van der Waals surface area contributed by atoms with E-state index in [1.165, 1.54) is 16.7 Å². The molecular weight excluding hydrogens is 423 g/mol. The third kappa shape index (κ3) is 5.03. The highest BCUT2D eigenvalue weighted by Crippen LogP contribution is 2.30. The molecule has 2 aromatic rings. The Labute approximate surface area is 184 Å². The van der Waals surface area contributed by atoms with Crippen molar-refractivity contribution in [3.8, 4) is 11.4 Å². The van der Waals surface area contributed by atoms with E-state index >= 15 is 0 Å². The summed E-state index contributed by atoms with van der Waals surface area (Å²) in [6, 6.07) is 4.49. The Hall–Kier alpha value is -2.68. The molecule has 1 atom stereocenters. The normalized spacial score (nSPS) is 16.9. The number of carbonyl (C=O) groups is 1. The SMILES string of the molecule is CC[C@@H]1CCCCN1C(=O)Cn1c(-c2ccc(C(F)(F)F)cc2)nc(C)c(CCO)c1=O. The summed E-state index contributed by atoms with van der Waals surface area (Å²) in [7, 11) is 0. The van der Waals surface area contributed by atoms with Gasteiger partial charge in [0.2, 0.25) is 5.91 Å². The number of alkyl halides is 3. The number of likely N-dealkylation sites (tertiary alicyclic amines) is 1. The van der Waals surface area contributed by atoms with Crippen molar-refractivity contribution >= 4 is 5.91 Å². The highest BCUT2D eigenvalue weighted by molar-refractivity contribution is 5.77. The maximum absolute atomic E-state index is 13.2. The number of aryl methyl sites for hydroxylation is 1. The molecule has 1 aliphatic rings. The number of aliphatic hydroxyl groups excluding tert-OH is 1. The molecular formula is C23H28F3N3O3. The van der Waals surface area contributed by atoms with Gasteiger partial charge in [0.15, 0.2) is 0 Å². The molecule has 1 N–H and O–H groups in total. The summed E-state index contributed by atoms with van der Waals surface area (Å²) in [5.41, 5.74) is -0.278. The number of nitrogens with zero attached hydrogens (tertiary/aromatic N) is 3. The first-order chi connectivity index (χ1) is 15.2. The minimum absolute atomic E-state index is 0.0838. The van der Waals surface area contributed by atoms with Crippen molar-refractivity contribution in [3.63, 3.8) is 0 Å². The molecule has 3 rings (SSSR count). The van der Waals surface area contributed by atoms with Crippen LogP contribution >= 0.6 is 0 Å². The van der Waals surface area contributed by atoms with Crippen molar-refractivity contribution in [2.75, 3.05) is 13.2 Å². The van der Waals surface area contributed by atoms with Crippen LogP contribution in [0.25, 0.3) is 11.4 Å². The lowest BCUT2D eigenvalue weighted by Crippen LogP contribution is -2.46. The average molecular weight is 451 g/mol. The second kappa shape index (κ2) is 9.85. The zero-order chi connectivity index (χ0) is 23.5. The number of amides is 1. The number of hydrogen-bond acceptors (Lipinski definition) is 4. The van der Waals surface area contributed by atoms with Crippen LogP contribution < -0.4 is 5.56 Å². The first-order valence-corrected chi connectivity index (χ1v) is 10.9. The van der Waals surface area contributed by atoms with E-state index in [0.717, 1.165) is 37.8 Å². The number of rotatable bonds is 6. The number of benzene rings is 1. The first kappa shape index (κ1) is 24.0. The van der Waals surface area contributed by atoms with Gasteiger partial charge in [-0.2, -0.15) is 13.2 Å². The molecule has 0 saturated carbocycles. The number of piperidine rings is 1. The van der Waals surface area contributed by atoms with Crippen LogP contribution in [-0.2, 0) is 23.9 Å². The molecule has 0 bridgehead atoms. The summed E-state index contributed by atoms with van der Waals surface area (Å²) in [5.74, 6) is -0.0752. The summed E-state index contributed by atoms with van der Waals surface area (Å²) >= 11 is 0. The lowest BCUT2D eigenvalue weighted by atomic mass is 10.00. The monoisotopic (exact) mass is 451 g/mol. The molecule has 9 heteroatoms. The van der Waals surface area contributed by atoms with Crippen LogP contribution in [0.4, 0.5) is 13.2 Å². The lowest BCUT2D eigenvalue weighted by Gasteiger charge is -2.35. The number of carbonyl (C=O) groups excluding carboxylic acids is 1. The van der Waals surface area contributed by atoms with E-state index in [4.69, 9.17) is 0 Å². The highest BCUT2D eigenvalue weighted by atomic mass is 19.4. The standard InChI is InChI=1S/C23H28F3N3O3/c1-3-18-6-4-5-12-28(18)20(31)14-29-21(27-15(2)19(11-13-30)22(29)32)16-7-9-17(10-8-16)23(24,25)26/h7-10,18,30H,3-6,11-14H2,1-2H3/t18-/m1/s1. The predicted molar refractivity (Wildman–Crippen MR) is 114 cm³/mol. The van der Waals surface area contributed by atoms with E-state index < -0.39 is 17.3 Å². The smallest absolute Gasteiger partial charge is 0.396 e. The lowest BCUT2D eigenvalue weighted by molar-refractivity contribution is -0.137. The van der Waals surface area contributed by atoms with Crippen LogP contribution in [0.3, 0.4) is 0 Å². The molecule has 1 aromatic carbocycles. The molecule has 1 amide bonds. The molecule has 2 heterocycles. The average Bonchev–Trinajstić information content (AvgIpc) is 2.77. The molecule has 1 fully saturated rings. The number of hydrogen-bond donors (Lipinski definition) is 1. The van der Waals surface area contributed by atoms with Gasteiger partial charge >= 0.3 is 6.18 Å². The highest BCUT2D eigenvalue weighted by Gasteiger charge is 2.31. The Morgan fingerprint density at radius 3 is 2.50 bits per heavy atom. The van der Waals surface area contributed by atoms with Crippen molar-refractivity contribution in [2.45, 2.75) is 64.7 Å². The largest absolute Gasteiger partial charge is 0.416 e. The fraction of sp³-hybridized carbons (Fsp3) is 0.522. The van der Waals surface area contributed by atoms with Crippen LogP contribution in [0.15, 0.2) is 29.1 Å². The molecule has 1 saturated heterocycles. The number of aromatic nitrogens is 2. The minimum Gasteiger partial charge on any atom is -0.396 e. The zero-order valence-corrected chi connectivity index (χ0v) is 18.3. The van der Waals surface area contributed by atoms with Crippen molar-refractivity contribution in [1.29, 1.82) is 0 Å². The Morgan fingerprint density at radius 2 is 1.91 bits per heavy atom. The Balaban J connectivity index is 2.05. The first-order valence-electron chi connectivity index (χ1n) is 10.9. The molecule has 1 aliphatic heterocycles. The summed E-state index contributed by atoms with van der Waals surface area (Å²) in [6.07, 6.45) is -0.734. The van der Waals surface area contributed by atoms with Gasteiger partial charge in [-0.3, -0.25) is 14.2 Å². The topological polar surface area (TPSA) is 75.4 Å². The third-order valence-corrected chi connectivity index (χ3v) is 6.01. The molecule has 0 unspecified atom stereocenters. The van der Waals surface area contributed by atoms with Gasteiger partial charge in [-0.05, 0) is 44.7 Å². The Morgan fingerprint density at radius 1 is 1.22 bits per heavy atom. The van der Waals surface area contributed by atoms with Gasteiger partial charge < -0.3 is 10.0 Å². The molecule has 1 aromatic heterocycles. The van der Waals surface area contributed by atoms with E-state index in [2.05, 4.69) is 4.98 Å². The number of aliphatic hydroxyl groups is 1.